The van der Waals surface area contributed by atoms with Gasteiger partial charge < -0.3 is 15.3 Å². The lowest BCUT2D eigenvalue weighted by molar-refractivity contribution is 0.0744. The van der Waals surface area contributed by atoms with Crippen molar-refractivity contribution in [3.63, 3.8) is 0 Å². The molecule has 0 aromatic carbocycles. The average molecular weight is 254 g/mol. The molecule has 0 bridgehead atoms. The topological polar surface area (TPSA) is 35.5 Å². The molecule has 1 heterocycles. The predicted octanol–water partition coefficient (Wildman–Crippen LogP) is 1.86. The van der Waals surface area contributed by atoms with Crippen LogP contribution in [0.5, 0.6) is 0 Å². The molecule has 0 aromatic heterocycles. The molecule has 0 amide bonds. The van der Waals surface area contributed by atoms with E-state index in [9.17, 15) is 5.11 Å². The monoisotopic (exact) mass is 254 g/mol. The molecule has 1 aliphatic heterocycles. The summed E-state index contributed by atoms with van der Waals surface area (Å²) in [6, 6.07) is 0. The Labute approximate surface area is 112 Å². The second kappa shape index (κ2) is 6.36. The Balaban J connectivity index is 1.91. The number of aliphatic hydroxyl groups is 1. The minimum atomic E-state index is -0.0173. The van der Waals surface area contributed by atoms with Crippen molar-refractivity contribution in [1.82, 2.24) is 10.2 Å². The zero-order chi connectivity index (χ0) is 13.0. The van der Waals surface area contributed by atoms with Gasteiger partial charge in [0, 0.05) is 6.54 Å². The summed E-state index contributed by atoms with van der Waals surface area (Å²) in [5.41, 5.74) is -0.0173. The molecule has 1 saturated heterocycles. The summed E-state index contributed by atoms with van der Waals surface area (Å²) >= 11 is 0. The molecule has 18 heavy (non-hydrogen) atoms. The van der Waals surface area contributed by atoms with Crippen molar-refractivity contribution in [3.05, 3.63) is 0 Å². The summed E-state index contributed by atoms with van der Waals surface area (Å²) in [5.74, 6) is 1.59. The first kappa shape index (κ1) is 14.3. The maximum absolute atomic E-state index is 9.91. The number of nitrogens with zero attached hydrogens (tertiary/aromatic N) is 1. The van der Waals surface area contributed by atoms with Crippen LogP contribution in [-0.4, -0.2) is 48.3 Å². The van der Waals surface area contributed by atoms with Gasteiger partial charge >= 0.3 is 0 Å². The number of likely N-dealkylation sites (tertiary alicyclic amines) is 1. The lowest BCUT2D eigenvalue weighted by atomic mass is 9.91. The molecule has 2 fully saturated rings. The molecule has 1 atom stereocenters. The summed E-state index contributed by atoms with van der Waals surface area (Å²) in [6.07, 6.45) is 6.37. The van der Waals surface area contributed by atoms with Gasteiger partial charge in [0.2, 0.25) is 0 Å². The fraction of sp³-hybridized carbons (Fsp3) is 1.00. The molecule has 0 aromatic rings. The Hall–Kier alpha value is -0.120. The van der Waals surface area contributed by atoms with Gasteiger partial charge in [-0.15, -0.1) is 0 Å². The fourth-order valence-electron chi connectivity index (χ4n) is 3.19. The van der Waals surface area contributed by atoms with Crippen LogP contribution in [0, 0.1) is 11.8 Å². The number of nitrogens with one attached hydrogen (secondary N) is 1. The standard InChI is InChI=1S/C15H30N2O/c1-3-8-16-15(12-18,14-4-5-14)11-17-9-6-13(2)7-10-17/h13-14,16,18H,3-12H2,1-2H3. The average Bonchev–Trinajstić information content (AvgIpc) is 3.22. The third kappa shape index (κ3) is 3.46. The highest BCUT2D eigenvalue weighted by molar-refractivity contribution is 5.03. The van der Waals surface area contributed by atoms with Crippen LogP contribution >= 0.6 is 0 Å². The van der Waals surface area contributed by atoms with Crippen LogP contribution < -0.4 is 5.32 Å². The molecule has 0 spiro atoms. The smallest absolute Gasteiger partial charge is 0.0628 e. The van der Waals surface area contributed by atoms with Gasteiger partial charge in [-0.25, -0.2) is 0 Å². The molecule has 1 saturated carbocycles. The molecule has 3 nitrogen and oxygen atoms in total. The van der Waals surface area contributed by atoms with Gasteiger partial charge in [0.1, 0.15) is 0 Å². The van der Waals surface area contributed by atoms with Crippen molar-refractivity contribution in [2.75, 3.05) is 32.8 Å². The molecule has 3 heteroatoms. The quantitative estimate of drug-likeness (QED) is 0.728. The van der Waals surface area contributed by atoms with E-state index in [0.29, 0.717) is 12.5 Å². The first-order chi connectivity index (χ1) is 8.70. The van der Waals surface area contributed by atoms with Gasteiger partial charge in [-0.1, -0.05) is 13.8 Å². The van der Waals surface area contributed by atoms with Gasteiger partial charge in [0.25, 0.3) is 0 Å². The van der Waals surface area contributed by atoms with E-state index in [0.717, 1.165) is 25.4 Å². The van der Waals surface area contributed by atoms with Crippen LogP contribution in [0.2, 0.25) is 0 Å². The zero-order valence-corrected chi connectivity index (χ0v) is 12.1. The summed E-state index contributed by atoms with van der Waals surface area (Å²) in [6.45, 7) is 9.34. The Morgan fingerprint density at radius 3 is 2.39 bits per heavy atom. The van der Waals surface area contributed by atoms with Crippen LogP contribution in [0.25, 0.3) is 0 Å². The molecule has 0 radical (unpaired) electrons. The fourth-order valence-corrected chi connectivity index (χ4v) is 3.19. The zero-order valence-electron chi connectivity index (χ0n) is 12.1. The highest BCUT2D eigenvalue weighted by Gasteiger charge is 2.45. The first-order valence-corrected chi connectivity index (χ1v) is 7.78. The number of piperidine rings is 1. The summed E-state index contributed by atoms with van der Waals surface area (Å²) in [4.78, 5) is 2.57. The van der Waals surface area contributed by atoms with E-state index in [-0.39, 0.29) is 5.54 Å². The number of hydrogen-bond donors (Lipinski definition) is 2. The predicted molar refractivity (Wildman–Crippen MR) is 75.7 cm³/mol. The Bertz CT molecular complexity index is 247. The van der Waals surface area contributed by atoms with Crippen molar-refractivity contribution in [2.24, 2.45) is 11.8 Å². The Morgan fingerprint density at radius 2 is 1.89 bits per heavy atom. The van der Waals surface area contributed by atoms with Gasteiger partial charge in [-0.05, 0) is 63.6 Å². The number of aliphatic hydroxyl groups excluding tert-OH is 1. The van der Waals surface area contributed by atoms with Crippen LogP contribution in [0.3, 0.4) is 0 Å². The first-order valence-electron chi connectivity index (χ1n) is 7.78. The normalized spacial score (nSPS) is 26.2. The molecule has 1 unspecified atom stereocenters. The van der Waals surface area contributed by atoms with Crippen LogP contribution in [0.15, 0.2) is 0 Å². The summed E-state index contributed by atoms with van der Waals surface area (Å²) < 4.78 is 0. The van der Waals surface area contributed by atoms with Crippen LogP contribution in [0.1, 0.15) is 46.0 Å². The van der Waals surface area contributed by atoms with Crippen molar-refractivity contribution >= 4 is 0 Å². The number of hydrogen-bond acceptors (Lipinski definition) is 3. The van der Waals surface area contributed by atoms with E-state index in [4.69, 9.17) is 0 Å². The highest BCUT2D eigenvalue weighted by Crippen LogP contribution is 2.40. The third-order valence-corrected chi connectivity index (χ3v) is 4.75. The summed E-state index contributed by atoms with van der Waals surface area (Å²) in [5, 5.41) is 13.6. The molecule has 2 rings (SSSR count). The molecule has 2 aliphatic rings. The van der Waals surface area contributed by atoms with Gasteiger partial charge in [-0.3, -0.25) is 0 Å². The van der Waals surface area contributed by atoms with E-state index in [1.165, 1.54) is 38.8 Å². The maximum Gasteiger partial charge on any atom is 0.0628 e. The van der Waals surface area contributed by atoms with Crippen molar-refractivity contribution in [1.29, 1.82) is 0 Å². The minimum absolute atomic E-state index is 0.0173. The van der Waals surface area contributed by atoms with Crippen molar-refractivity contribution < 1.29 is 5.11 Å². The van der Waals surface area contributed by atoms with E-state index < -0.39 is 0 Å². The second-order valence-corrected chi connectivity index (χ2v) is 6.47. The molecule has 2 N–H and O–H groups in total. The van der Waals surface area contributed by atoms with Gasteiger partial charge in [0.15, 0.2) is 0 Å². The number of rotatable bonds is 7. The van der Waals surface area contributed by atoms with Crippen LogP contribution in [-0.2, 0) is 0 Å². The van der Waals surface area contributed by atoms with E-state index in [1.54, 1.807) is 0 Å². The van der Waals surface area contributed by atoms with Gasteiger partial charge in [-0.2, -0.15) is 0 Å². The largest absolute Gasteiger partial charge is 0.394 e. The second-order valence-electron chi connectivity index (χ2n) is 6.47. The van der Waals surface area contributed by atoms with Gasteiger partial charge in [0.05, 0.1) is 12.1 Å². The molecule has 106 valence electrons. The Kier molecular flexibility index (Phi) is 5.05. The van der Waals surface area contributed by atoms with E-state index >= 15 is 0 Å². The highest BCUT2D eigenvalue weighted by atomic mass is 16.3. The Morgan fingerprint density at radius 1 is 1.22 bits per heavy atom. The summed E-state index contributed by atoms with van der Waals surface area (Å²) in [7, 11) is 0. The maximum atomic E-state index is 9.91. The van der Waals surface area contributed by atoms with Crippen molar-refractivity contribution in [2.45, 2.75) is 51.5 Å². The lowest BCUT2D eigenvalue weighted by Crippen LogP contribution is -2.59. The minimum Gasteiger partial charge on any atom is -0.394 e. The molecular weight excluding hydrogens is 224 g/mol. The van der Waals surface area contributed by atoms with E-state index in [2.05, 4.69) is 24.1 Å². The van der Waals surface area contributed by atoms with E-state index in [1.807, 2.05) is 0 Å². The third-order valence-electron chi connectivity index (χ3n) is 4.75. The molecular formula is C15H30N2O. The molecule has 1 aliphatic carbocycles. The van der Waals surface area contributed by atoms with Crippen molar-refractivity contribution in [3.8, 4) is 0 Å². The SMILES string of the molecule is CCCNC(CO)(CN1CCC(C)CC1)C1CC1. The van der Waals surface area contributed by atoms with Crippen LogP contribution in [0.4, 0.5) is 0 Å². The lowest BCUT2D eigenvalue weighted by Gasteiger charge is -2.41.